The highest BCUT2D eigenvalue weighted by Crippen LogP contribution is 2.67. The molecule has 230 valence electrons. The number of esters is 2. The molecule has 0 N–H and O–H groups in total. The maximum atomic E-state index is 13.6. The molecule has 11 heteroatoms. The minimum absolute atomic E-state index is 0.101. The number of piperidine rings is 1. The minimum atomic E-state index is -4.42. The van der Waals surface area contributed by atoms with Crippen LogP contribution in [0.15, 0.2) is 36.4 Å². The zero-order chi connectivity index (χ0) is 30.9. The van der Waals surface area contributed by atoms with Crippen LogP contribution >= 0.6 is 0 Å². The average Bonchev–Trinajstić information content (AvgIpc) is 3.29. The molecular formula is C32H35F3N2O6. The summed E-state index contributed by atoms with van der Waals surface area (Å²) in [4.78, 5) is 42.2. The Morgan fingerprint density at radius 2 is 1.79 bits per heavy atom. The number of alkyl halides is 3. The van der Waals surface area contributed by atoms with E-state index in [9.17, 15) is 27.6 Å². The predicted molar refractivity (Wildman–Crippen MR) is 149 cm³/mol. The van der Waals surface area contributed by atoms with Crippen molar-refractivity contribution in [3.63, 3.8) is 0 Å². The van der Waals surface area contributed by atoms with E-state index in [4.69, 9.17) is 14.2 Å². The van der Waals surface area contributed by atoms with Gasteiger partial charge in [0.05, 0.1) is 23.1 Å². The molecular weight excluding hydrogens is 565 g/mol. The van der Waals surface area contributed by atoms with Gasteiger partial charge in [0.25, 0.3) is 0 Å². The molecule has 2 aliphatic heterocycles. The Kier molecular flexibility index (Phi) is 7.02. The molecule has 5 atom stereocenters. The number of carbonyl (C=O) groups is 3. The number of hydrogen-bond donors (Lipinski definition) is 0. The van der Waals surface area contributed by atoms with Crippen molar-refractivity contribution in [2.45, 2.75) is 87.8 Å². The van der Waals surface area contributed by atoms with Crippen LogP contribution in [0.2, 0.25) is 0 Å². The topological polar surface area (TPSA) is 85.4 Å². The van der Waals surface area contributed by atoms with E-state index in [1.165, 1.54) is 26.0 Å². The van der Waals surface area contributed by atoms with Gasteiger partial charge in [-0.15, -0.1) is 0 Å². The Balaban J connectivity index is 1.35. The molecule has 1 saturated carbocycles. The molecule has 2 fully saturated rings. The van der Waals surface area contributed by atoms with Crippen molar-refractivity contribution in [3.8, 4) is 11.5 Å². The lowest BCUT2D eigenvalue weighted by Gasteiger charge is -2.65. The van der Waals surface area contributed by atoms with Gasteiger partial charge < -0.3 is 19.1 Å². The van der Waals surface area contributed by atoms with Crippen LogP contribution in [-0.4, -0.2) is 72.1 Å². The smallest absolute Gasteiger partial charge is 0.416 e. The largest absolute Gasteiger partial charge is 0.483 e. The monoisotopic (exact) mass is 600 g/mol. The fourth-order valence-electron chi connectivity index (χ4n) is 8.25. The first-order chi connectivity index (χ1) is 20.3. The van der Waals surface area contributed by atoms with E-state index in [-0.39, 0.29) is 36.8 Å². The lowest BCUT2D eigenvalue weighted by atomic mass is 9.48. The first kappa shape index (κ1) is 29.5. The summed E-state index contributed by atoms with van der Waals surface area (Å²) in [5.74, 6) is -0.260. The number of benzene rings is 2. The number of hydrogen-bond acceptors (Lipinski definition) is 7. The van der Waals surface area contributed by atoms with Crippen molar-refractivity contribution < 1.29 is 41.8 Å². The highest BCUT2D eigenvalue weighted by molar-refractivity contribution is 5.77. The van der Waals surface area contributed by atoms with Gasteiger partial charge in [-0.3, -0.25) is 19.3 Å². The first-order valence-electron chi connectivity index (χ1n) is 14.6. The van der Waals surface area contributed by atoms with Gasteiger partial charge in [0.2, 0.25) is 5.91 Å². The molecule has 4 aliphatic rings. The minimum Gasteiger partial charge on any atom is -0.483 e. The van der Waals surface area contributed by atoms with Crippen LogP contribution in [0.25, 0.3) is 0 Å². The maximum absolute atomic E-state index is 13.6. The Labute approximate surface area is 248 Å². The molecule has 2 unspecified atom stereocenters. The van der Waals surface area contributed by atoms with Gasteiger partial charge in [0.1, 0.15) is 11.7 Å². The maximum Gasteiger partial charge on any atom is 0.416 e. The Morgan fingerprint density at radius 1 is 1.07 bits per heavy atom. The summed E-state index contributed by atoms with van der Waals surface area (Å²) in [6.07, 6.45) is -2.31. The number of rotatable bonds is 6. The van der Waals surface area contributed by atoms with Crippen LogP contribution in [0.1, 0.15) is 61.8 Å². The second-order valence-electron chi connectivity index (χ2n) is 12.3. The lowest BCUT2D eigenvalue weighted by molar-refractivity contribution is -0.221. The van der Waals surface area contributed by atoms with Crippen LogP contribution in [0.5, 0.6) is 11.5 Å². The van der Waals surface area contributed by atoms with Crippen LogP contribution in [-0.2, 0) is 43.6 Å². The van der Waals surface area contributed by atoms with Gasteiger partial charge in [-0.05, 0) is 75.0 Å². The quantitative estimate of drug-likeness (QED) is 0.358. The summed E-state index contributed by atoms with van der Waals surface area (Å²) in [5, 5.41) is 0. The Morgan fingerprint density at radius 3 is 2.44 bits per heavy atom. The highest BCUT2D eigenvalue weighted by Gasteiger charge is 2.75. The average molecular weight is 601 g/mol. The van der Waals surface area contributed by atoms with Crippen molar-refractivity contribution in [1.29, 1.82) is 0 Å². The summed E-state index contributed by atoms with van der Waals surface area (Å²) in [7, 11) is 3.76. The molecule has 0 radical (unpaired) electrons. The summed E-state index contributed by atoms with van der Waals surface area (Å²) in [6, 6.07) is 8.08. The zero-order valence-corrected chi connectivity index (χ0v) is 24.6. The lowest BCUT2D eigenvalue weighted by Crippen LogP contribution is -2.78. The fraction of sp³-hybridized carbons (Fsp3) is 0.531. The number of likely N-dealkylation sites (tertiary alicyclic amines) is 1. The normalized spacial score (nSPS) is 28.9. The number of ether oxygens (including phenoxy) is 3. The third-order valence-corrected chi connectivity index (χ3v) is 10.0. The molecule has 2 heterocycles. The zero-order valence-electron chi connectivity index (χ0n) is 24.6. The molecule has 1 spiro atoms. The third-order valence-electron chi connectivity index (χ3n) is 10.0. The van der Waals surface area contributed by atoms with Crippen molar-refractivity contribution >= 4 is 17.8 Å². The second kappa shape index (κ2) is 10.2. The van der Waals surface area contributed by atoms with Gasteiger partial charge in [0.15, 0.2) is 11.5 Å². The number of likely N-dealkylation sites (N-methyl/N-ethyl adjacent to an activating group) is 2. The van der Waals surface area contributed by atoms with E-state index in [2.05, 4.69) is 4.90 Å². The summed E-state index contributed by atoms with van der Waals surface area (Å²) in [6.45, 7) is 3.47. The van der Waals surface area contributed by atoms with E-state index < -0.39 is 34.8 Å². The number of carbonyl (C=O) groups excluding carboxylic acids is 3. The number of amides is 1. The summed E-state index contributed by atoms with van der Waals surface area (Å²) < 4.78 is 57.6. The Bertz CT molecular complexity index is 1480. The van der Waals surface area contributed by atoms with E-state index in [1.807, 2.05) is 13.1 Å². The molecule has 1 amide bonds. The third kappa shape index (κ3) is 4.49. The van der Waals surface area contributed by atoms with Gasteiger partial charge >= 0.3 is 18.1 Å². The van der Waals surface area contributed by atoms with E-state index in [1.54, 1.807) is 18.0 Å². The fourth-order valence-corrected chi connectivity index (χ4v) is 8.25. The molecule has 2 aromatic rings. The number of nitrogens with zero attached hydrogens (tertiary/aromatic N) is 2. The molecule has 1 saturated heterocycles. The van der Waals surface area contributed by atoms with E-state index in [0.29, 0.717) is 42.7 Å². The molecule has 2 bridgehead atoms. The van der Waals surface area contributed by atoms with Crippen molar-refractivity contribution in [3.05, 3.63) is 58.7 Å². The second-order valence-corrected chi connectivity index (χ2v) is 12.3. The Hall–Kier alpha value is -3.60. The van der Waals surface area contributed by atoms with Crippen molar-refractivity contribution in [2.24, 2.45) is 0 Å². The van der Waals surface area contributed by atoms with Gasteiger partial charge in [-0.25, -0.2) is 0 Å². The van der Waals surface area contributed by atoms with E-state index in [0.717, 1.165) is 29.8 Å². The van der Waals surface area contributed by atoms with Crippen LogP contribution in [0.4, 0.5) is 13.2 Å². The van der Waals surface area contributed by atoms with Gasteiger partial charge in [-0.1, -0.05) is 18.2 Å². The highest BCUT2D eigenvalue weighted by atomic mass is 19.4. The van der Waals surface area contributed by atoms with Gasteiger partial charge in [-0.2, -0.15) is 13.2 Å². The number of halogens is 3. The molecule has 43 heavy (non-hydrogen) atoms. The van der Waals surface area contributed by atoms with Crippen LogP contribution in [0.3, 0.4) is 0 Å². The van der Waals surface area contributed by atoms with Crippen molar-refractivity contribution in [1.82, 2.24) is 9.80 Å². The standard InChI is InChI=1S/C32H35F3N2O6/c1-18(38)41-24-11-8-21-17-25-31(43-19(2)39)14-13-23(29-30(31,15-16-36(25)3)27(21)28(24)42-29)37(4)26(40)12-7-20-5-9-22(10-6-20)32(33,34)35/h5-6,8-11,23,25,29H,7,12-17H2,1-4H3/t23?,25-,29?,30+,31-/m1/s1. The molecule has 6 rings (SSSR count). The van der Waals surface area contributed by atoms with Crippen LogP contribution in [0, 0.1) is 0 Å². The number of aryl methyl sites for hydroxylation is 1. The van der Waals surface area contributed by atoms with E-state index >= 15 is 0 Å². The SMILES string of the molecule is CC(=O)Oc1ccc2c3c1OC1C(N(C)C(=O)CCc4ccc(C(F)(F)F)cc4)CC[C@@]4(OC(C)=O)[C@@H](C2)N(C)CC[C@]314. The summed E-state index contributed by atoms with van der Waals surface area (Å²) >= 11 is 0. The van der Waals surface area contributed by atoms with Gasteiger partial charge in [0, 0.05) is 32.9 Å². The van der Waals surface area contributed by atoms with Crippen LogP contribution < -0.4 is 9.47 Å². The van der Waals surface area contributed by atoms with Crippen molar-refractivity contribution in [2.75, 3.05) is 20.6 Å². The summed E-state index contributed by atoms with van der Waals surface area (Å²) in [5.41, 5.74) is 0.189. The predicted octanol–water partition coefficient (Wildman–Crippen LogP) is 4.45. The molecule has 2 aromatic carbocycles. The molecule has 2 aliphatic carbocycles. The molecule has 8 nitrogen and oxygen atoms in total. The first-order valence-corrected chi connectivity index (χ1v) is 14.6. The molecule has 0 aromatic heterocycles.